The van der Waals surface area contributed by atoms with Crippen LogP contribution >= 0.6 is 22.9 Å². The van der Waals surface area contributed by atoms with Crippen molar-refractivity contribution >= 4 is 33.0 Å². The van der Waals surface area contributed by atoms with Gasteiger partial charge in [-0.15, -0.1) is 11.3 Å². The van der Waals surface area contributed by atoms with Crippen molar-refractivity contribution in [2.75, 3.05) is 0 Å². The minimum Gasteiger partial charge on any atom is -0.223 e. The van der Waals surface area contributed by atoms with Crippen molar-refractivity contribution in [1.29, 1.82) is 0 Å². The van der Waals surface area contributed by atoms with Crippen LogP contribution in [-0.2, 0) is 10.0 Å². The van der Waals surface area contributed by atoms with E-state index < -0.39 is 10.0 Å². The number of rotatable bonds is 5. The zero-order valence-electron chi connectivity index (χ0n) is 12.0. The Bertz CT molecular complexity index is 889. The summed E-state index contributed by atoms with van der Waals surface area (Å²) in [7, 11) is -3.58. The molecule has 6 nitrogen and oxygen atoms in total. The number of halogens is 1. The van der Waals surface area contributed by atoms with Crippen molar-refractivity contribution in [2.45, 2.75) is 17.2 Å². The quantitative estimate of drug-likeness (QED) is 0.751. The van der Waals surface area contributed by atoms with Crippen LogP contribution in [0.3, 0.4) is 0 Å². The second-order valence-corrected chi connectivity index (χ2v) is 8.49. The highest BCUT2D eigenvalue weighted by Crippen LogP contribution is 2.27. The lowest BCUT2D eigenvalue weighted by atomic mass is 10.1. The smallest absolute Gasteiger partial charge is 0.223 e. The summed E-state index contributed by atoms with van der Waals surface area (Å²) >= 11 is 6.83. The molecule has 2 aromatic heterocycles. The van der Waals surface area contributed by atoms with Crippen LogP contribution in [0.4, 0.5) is 0 Å². The third-order valence-corrected chi connectivity index (χ3v) is 6.49. The van der Waals surface area contributed by atoms with Crippen LogP contribution in [-0.4, -0.2) is 23.2 Å². The standard InChI is InChI=1S/C14H13ClN4O2S2/c1-10(18-23(20,21)14-7-6-13(15)22-14)11-2-4-12(5-3-11)19-9-16-8-17-19/h2-10,18H,1H3/t10-/m0/s1. The highest BCUT2D eigenvalue weighted by atomic mass is 35.5. The molecule has 9 heteroatoms. The van der Waals surface area contributed by atoms with E-state index in [4.69, 9.17) is 11.6 Å². The average molecular weight is 369 g/mol. The number of hydrogen-bond donors (Lipinski definition) is 1. The van der Waals surface area contributed by atoms with Crippen molar-refractivity contribution in [2.24, 2.45) is 0 Å². The summed E-state index contributed by atoms with van der Waals surface area (Å²) in [6.07, 6.45) is 3.05. The molecule has 0 saturated heterocycles. The van der Waals surface area contributed by atoms with Gasteiger partial charge in [-0.25, -0.2) is 22.8 Å². The van der Waals surface area contributed by atoms with Gasteiger partial charge in [0.1, 0.15) is 16.9 Å². The Kier molecular flexibility index (Phi) is 4.49. The minimum absolute atomic E-state index is 0.202. The number of sulfonamides is 1. The SMILES string of the molecule is C[C@H](NS(=O)(=O)c1ccc(Cl)s1)c1ccc(-n2cncn2)cc1. The molecule has 23 heavy (non-hydrogen) atoms. The fourth-order valence-electron chi connectivity index (χ4n) is 2.06. The summed E-state index contributed by atoms with van der Waals surface area (Å²) in [5, 5.41) is 4.05. The average Bonchev–Trinajstić information content (AvgIpc) is 3.18. The predicted octanol–water partition coefficient (Wildman–Crippen LogP) is 3.02. The monoisotopic (exact) mass is 368 g/mol. The second-order valence-electron chi connectivity index (χ2n) is 4.83. The van der Waals surface area contributed by atoms with Gasteiger partial charge in [-0.05, 0) is 36.8 Å². The van der Waals surface area contributed by atoms with E-state index in [1.165, 1.54) is 12.4 Å². The molecule has 3 aromatic rings. The number of thiophene rings is 1. The molecule has 0 fully saturated rings. The summed E-state index contributed by atoms with van der Waals surface area (Å²) in [4.78, 5) is 3.89. The predicted molar refractivity (Wildman–Crippen MR) is 89.4 cm³/mol. The van der Waals surface area contributed by atoms with Gasteiger partial charge in [0.05, 0.1) is 10.0 Å². The lowest BCUT2D eigenvalue weighted by Gasteiger charge is -2.14. The molecule has 3 rings (SSSR count). The molecule has 0 radical (unpaired) electrons. The van der Waals surface area contributed by atoms with Gasteiger partial charge in [-0.2, -0.15) is 5.10 Å². The van der Waals surface area contributed by atoms with Gasteiger partial charge in [-0.3, -0.25) is 0 Å². The summed E-state index contributed by atoms with van der Waals surface area (Å²) in [5.74, 6) is 0. The number of benzene rings is 1. The van der Waals surface area contributed by atoms with Gasteiger partial charge >= 0.3 is 0 Å². The molecule has 0 amide bonds. The van der Waals surface area contributed by atoms with Gasteiger partial charge < -0.3 is 0 Å². The Balaban J connectivity index is 1.77. The Morgan fingerprint density at radius 1 is 1.22 bits per heavy atom. The van der Waals surface area contributed by atoms with E-state index in [0.717, 1.165) is 22.6 Å². The summed E-state index contributed by atoms with van der Waals surface area (Å²) in [5.41, 5.74) is 1.70. The molecule has 2 heterocycles. The van der Waals surface area contributed by atoms with Crippen molar-refractivity contribution in [3.8, 4) is 5.69 Å². The molecule has 120 valence electrons. The van der Waals surface area contributed by atoms with Crippen molar-refractivity contribution < 1.29 is 8.42 Å². The van der Waals surface area contributed by atoms with Crippen molar-refractivity contribution in [1.82, 2.24) is 19.5 Å². The van der Waals surface area contributed by atoms with E-state index in [1.54, 1.807) is 24.0 Å². The van der Waals surface area contributed by atoms with Crippen LogP contribution in [0.1, 0.15) is 18.5 Å². The highest BCUT2D eigenvalue weighted by Gasteiger charge is 2.20. The molecule has 1 N–H and O–H groups in total. The summed E-state index contributed by atoms with van der Waals surface area (Å²) < 4.78 is 29.5. The maximum Gasteiger partial charge on any atom is 0.250 e. The molecule has 0 aliphatic rings. The van der Waals surface area contributed by atoms with Crippen molar-refractivity contribution in [3.05, 3.63) is 59.0 Å². The highest BCUT2D eigenvalue weighted by molar-refractivity contribution is 7.91. The van der Waals surface area contributed by atoms with Crippen LogP contribution in [0.5, 0.6) is 0 Å². The number of nitrogens with zero attached hydrogens (tertiary/aromatic N) is 3. The molecule has 0 unspecified atom stereocenters. The molecule has 0 saturated carbocycles. The van der Waals surface area contributed by atoms with E-state index in [9.17, 15) is 8.42 Å². The Morgan fingerprint density at radius 3 is 2.52 bits per heavy atom. The van der Waals surface area contributed by atoms with Gasteiger partial charge in [0.2, 0.25) is 0 Å². The normalized spacial score (nSPS) is 13.1. The maximum atomic E-state index is 12.3. The molecule has 0 aliphatic carbocycles. The number of hydrogen-bond acceptors (Lipinski definition) is 5. The summed E-state index contributed by atoms with van der Waals surface area (Å²) in [6.45, 7) is 1.79. The lowest BCUT2D eigenvalue weighted by molar-refractivity contribution is 0.569. The van der Waals surface area contributed by atoms with E-state index in [-0.39, 0.29) is 10.3 Å². The topological polar surface area (TPSA) is 76.9 Å². The number of aromatic nitrogens is 3. The lowest BCUT2D eigenvalue weighted by Crippen LogP contribution is -2.26. The van der Waals surface area contributed by atoms with Crippen LogP contribution in [0.25, 0.3) is 5.69 Å². The molecule has 1 atom stereocenters. The summed E-state index contributed by atoms with van der Waals surface area (Å²) in [6, 6.07) is 10.1. The van der Waals surface area contributed by atoms with Crippen LogP contribution in [0.2, 0.25) is 4.34 Å². The molecule has 1 aromatic carbocycles. The third-order valence-electron chi connectivity index (χ3n) is 3.22. The molecule has 0 bridgehead atoms. The van der Waals surface area contributed by atoms with E-state index in [2.05, 4.69) is 14.8 Å². The maximum absolute atomic E-state index is 12.3. The zero-order valence-corrected chi connectivity index (χ0v) is 14.4. The molecular formula is C14H13ClN4O2S2. The van der Waals surface area contributed by atoms with Gasteiger partial charge in [0.15, 0.2) is 0 Å². The zero-order chi connectivity index (χ0) is 16.4. The second kappa shape index (κ2) is 6.40. The third kappa shape index (κ3) is 3.61. The number of nitrogens with one attached hydrogen (secondary N) is 1. The first kappa shape index (κ1) is 16.1. The fraction of sp³-hybridized carbons (Fsp3) is 0.143. The first-order valence-corrected chi connectivity index (χ1v) is 9.36. The fourth-order valence-corrected chi connectivity index (χ4v) is 4.79. The van der Waals surface area contributed by atoms with Crippen LogP contribution < -0.4 is 4.72 Å². The molecular weight excluding hydrogens is 356 g/mol. The first-order valence-electron chi connectivity index (χ1n) is 6.68. The largest absolute Gasteiger partial charge is 0.250 e. The Labute approximate surface area is 142 Å². The van der Waals surface area contributed by atoms with Crippen LogP contribution in [0.15, 0.2) is 53.3 Å². The van der Waals surface area contributed by atoms with Crippen LogP contribution in [0, 0.1) is 0 Å². The first-order chi connectivity index (χ1) is 11.0. The van der Waals surface area contributed by atoms with Gasteiger partial charge in [-0.1, -0.05) is 23.7 Å². The molecule has 0 spiro atoms. The minimum atomic E-state index is -3.58. The van der Waals surface area contributed by atoms with Crippen molar-refractivity contribution in [3.63, 3.8) is 0 Å². The molecule has 0 aliphatic heterocycles. The Hall–Kier alpha value is -1.74. The Morgan fingerprint density at radius 2 is 1.96 bits per heavy atom. The van der Waals surface area contributed by atoms with E-state index >= 15 is 0 Å². The van der Waals surface area contributed by atoms with E-state index in [0.29, 0.717) is 4.34 Å². The van der Waals surface area contributed by atoms with E-state index in [1.807, 2.05) is 24.3 Å². The van der Waals surface area contributed by atoms with Gasteiger partial charge in [0.25, 0.3) is 10.0 Å². The van der Waals surface area contributed by atoms with Gasteiger partial charge in [0, 0.05) is 6.04 Å².